The number of rotatable bonds is 4. The second-order valence-corrected chi connectivity index (χ2v) is 5.39. The van der Waals surface area contributed by atoms with Crippen molar-refractivity contribution in [2.45, 2.75) is 27.3 Å². The summed E-state index contributed by atoms with van der Waals surface area (Å²) in [5.41, 5.74) is 6.32. The predicted molar refractivity (Wildman–Crippen MR) is 83.7 cm³/mol. The Bertz CT molecular complexity index is 555. The van der Waals surface area contributed by atoms with Crippen molar-refractivity contribution in [1.82, 2.24) is 5.32 Å². The number of halogens is 1. The smallest absolute Gasteiger partial charge is 0.0412 e. The van der Waals surface area contributed by atoms with Crippen LogP contribution in [0.15, 0.2) is 36.4 Å². The van der Waals surface area contributed by atoms with Gasteiger partial charge in [0.05, 0.1) is 0 Å². The van der Waals surface area contributed by atoms with Gasteiger partial charge in [0.15, 0.2) is 0 Å². The monoisotopic (exact) mass is 273 g/mol. The zero-order valence-electron chi connectivity index (χ0n) is 11.8. The van der Waals surface area contributed by atoms with Crippen LogP contribution in [0, 0.1) is 13.8 Å². The van der Waals surface area contributed by atoms with E-state index in [0.717, 1.165) is 18.1 Å². The van der Waals surface area contributed by atoms with E-state index in [4.69, 9.17) is 11.6 Å². The molecule has 2 heteroatoms. The van der Waals surface area contributed by atoms with Crippen LogP contribution in [-0.2, 0) is 6.54 Å². The van der Waals surface area contributed by atoms with E-state index >= 15 is 0 Å². The van der Waals surface area contributed by atoms with Crippen LogP contribution in [0.1, 0.15) is 23.6 Å². The molecule has 0 saturated carbocycles. The number of hydrogen-bond donors (Lipinski definition) is 1. The summed E-state index contributed by atoms with van der Waals surface area (Å²) in [5, 5.41) is 4.17. The summed E-state index contributed by atoms with van der Waals surface area (Å²) in [4.78, 5) is 0. The molecule has 2 aromatic rings. The van der Waals surface area contributed by atoms with Gasteiger partial charge >= 0.3 is 0 Å². The summed E-state index contributed by atoms with van der Waals surface area (Å²) >= 11 is 6.16. The molecule has 0 aliphatic heterocycles. The quantitative estimate of drug-likeness (QED) is 0.849. The molecule has 2 rings (SSSR count). The first kappa shape index (κ1) is 14.1. The SMILES string of the molecule is CCNCc1ccc(Cl)cc1-c1cc(C)cc(C)c1. The first-order chi connectivity index (χ1) is 9.10. The van der Waals surface area contributed by atoms with Crippen molar-refractivity contribution in [3.05, 3.63) is 58.1 Å². The molecule has 0 aromatic heterocycles. The van der Waals surface area contributed by atoms with Crippen molar-refractivity contribution in [1.29, 1.82) is 0 Å². The van der Waals surface area contributed by atoms with Gasteiger partial charge < -0.3 is 5.32 Å². The lowest BCUT2D eigenvalue weighted by Gasteiger charge is -2.12. The van der Waals surface area contributed by atoms with Crippen molar-refractivity contribution >= 4 is 11.6 Å². The third kappa shape index (κ3) is 3.59. The third-order valence-corrected chi connectivity index (χ3v) is 3.41. The zero-order chi connectivity index (χ0) is 13.8. The Morgan fingerprint density at radius 2 is 1.68 bits per heavy atom. The minimum atomic E-state index is 0.786. The van der Waals surface area contributed by atoms with Gasteiger partial charge in [-0.15, -0.1) is 0 Å². The van der Waals surface area contributed by atoms with Gasteiger partial charge in [0.1, 0.15) is 0 Å². The van der Waals surface area contributed by atoms with Crippen LogP contribution in [0.2, 0.25) is 5.02 Å². The fourth-order valence-corrected chi connectivity index (χ4v) is 2.53. The molecule has 1 N–H and O–H groups in total. The molecule has 0 fully saturated rings. The molecule has 0 unspecified atom stereocenters. The molecule has 1 nitrogen and oxygen atoms in total. The Morgan fingerprint density at radius 1 is 1.00 bits per heavy atom. The lowest BCUT2D eigenvalue weighted by Crippen LogP contribution is -2.12. The van der Waals surface area contributed by atoms with E-state index in [0.29, 0.717) is 0 Å². The van der Waals surface area contributed by atoms with Crippen LogP contribution < -0.4 is 5.32 Å². The summed E-state index contributed by atoms with van der Waals surface area (Å²) in [6.07, 6.45) is 0. The molecular weight excluding hydrogens is 254 g/mol. The predicted octanol–water partition coefficient (Wildman–Crippen LogP) is 4.73. The summed E-state index contributed by atoms with van der Waals surface area (Å²) in [5.74, 6) is 0. The molecule has 0 spiro atoms. The average Bonchev–Trinajstić information content (AvgIpc) is 2.36. The number of aryl methyl sites for hydroxylation is 2. The molecule has 0 bridgehead atoms. The molecule has 19 heavy (non-hydrogen) atoms. The van der Waals surface area contributed by atoms with Gasteiger partial charge in [-0.25, -0.2) is 0 Å². The highest BCUT2D eigenvalue weighted by atomic mass is 35.5. The molecule has 0 atom stereocenters. The van der Waals surface area contributed by atoms with Crippen LogP contribution in [0.3, 0.4) is 0 Å². The largest absolute Gasteiger partial charge is 0.313 e. The number of nitrogens with one attached hydrogen (secondary N) is 1. The van der Waals surface area contributed by atoms with E-state index < -0.39 is 0 Å². The Morgan fingerprint density at radius 3 is 2.32 bits per heavy atom. The van der Waals surface area contributed by atoms with Crippen LogP contribution in [0.25, 0.3) is 11.1 Å². The average molecular weight is 274 g/mol. The fourth-order valence-electron chi connectivity index (χ4n) is 2.36. The van der Waals surface area contributed by atoms with E-state index in [1.807, 2.05) is 6.07 Å². The van der Waals surface area contributed by atoms with Crippen LogP contribution >= 0.6 is 11.6 Å². The van der Waals surface area contributed by atoms with Crippen LogP contribution in [0.4, 0.5) is 0 Å². The van der Waals surface area contributed by atoms with Crippen molar-refractivity contribution in [3.63, 3.8) is 0 Å². The summed E-state index contributed by atoms with van der Waals surface area (Å²) in [6, 6.07) is 12.8. The number of benzene rings is 2. The van der Waals surface area contributed by atoms with Gasteiger partial charge in [-0.3, -0.25) is 0 Å². The van der Waals surface area contributed by atoms with E-state index in [1.54, 1.807) is 0 Å². The second kappa shape index (κ2) is 6.23. The highest BCUT2D eigenvalue weighted by Gasteiger charge is 2.07. The normalized spacial score (nSPS) is 10.7. The van der Waals surface area contributed by atoms with Crippen molar-refractivity contribution in [3.8, 4) is 11.1 Å². The van der Waals surface area contributed by atoms with Gasteiger partial charge in [0.25, 0.3) is 0 Å². The zero-order valence-corrected chi connectivity index (χ0v) is 12.5. The molecule has 0 radical (unpaired) electrons. The standard InChI is InChI=1S/C17H20ClN/c1-4-19-11-14-5-6-16(18)10-17(14)15-8-12(2)7-13(3)9-15/h5-10,19H,4,11H2,1-3H3. The molecular formula is C17H20ClN. The minimum absolute atomic E-state index is 0.786. The maximum Gasteiger partial charge on any atom is 0.0412 e. The van der Waals surface area contributed by atoms with Crippen LogP contribution in [-0.4, -0.2) is 6.54 Å². The maximum atomic E-state index is 6.16. The number of hydrogen-bond acceptors (Lipinski definition) is 1. The van der Waals surface area contributed by atoms with Crippen molar-refractivity contribution in [2.75, 3.05) is 6.54 Å². The lowest BCUT2D eigenvalue weighted by atomic mass is 9.96. The molecule has 0 saturated heterocycles. The topological polar surface area (TPSA) is 12.0 Å². The first-order valence-electron chi connectivity index (χ1n) is 6.68. The molecule has 0 amide bonds. The van der Waals surface area contributed by atoms with Gasteiger partial charge in [0, 0.05) is 11.6 Å². The third-order valence-electron chi connectivity index (χ3n) is 3.17. The Kier molecular flexibility index (Phi) is 4.62. The summed E-state index contributed by atoms with van der Waals surface area (Å²) < 4.78 is 0. The van der Waals surface area contributed by atoms with Crippen molar-refractivity contribution < 1.29 is 0 Å². The van der Waals surface area contributed by atoms with Crippen molar-refractivity contribution in [2.24, 2.45) is 0 Å². The van der Waals surface area contributed by atoms with Crippen LogP contribution in [0.5, 0.6) is 0 Å². The highest BCUT2D eigenvalue weighted by molar-refractivity contribution is 6.30. The summed E-state index contributed by atoms with van der Waals surface area (Å²) in [7, 11) is 0. The maximum absolute atomic E-state index is 6.16. The van der Waals surface area contributed by atoms with Gasteiger partial charge in [0.2, 0.25) is 0 Å². The Labute approximate surface area is 120 Å². The molecule has 0 heterocycles. The second-order valence-electron chi connectivity index (χ2n) is 4.96. The van der Waals surface area contributed by atoms with E-state index in [9.17, 15) is 0 Å². The molecule has 100 valence electrons. The fraction of sp³-hybridized carbons (Fsp3) is 0.294. The molecule has 0 aliphatic rings. The molecule has 0 aliphatic carbocycles. The summed E-state index contributed by atoms with van der Waals surface area (Å²) in [6.45, 7) is 8.22. The van der Waals surface area contributed by atoms with E-state index in [-0.39, 0.29) is 0 Å². The van der Waals surface area contributed by atoms with Gasteiger partial charge in [-0.05, 0) is 49.2 Å². The minimum Gasteiger partial charge on any atom is -0.313 e. The highest BCUT2D eigenvalue weighted by Crippen LogP contribution is 2.28. The van der Waals surface area contributed by atoms with Gasteiger partial charge in [-0.1, -0.05) is 53.9 Å². The first-order valence-corrected chi connectivity index (χ1v) is 7.05. The Hall–Kier alpha value is -1.31. The molecule has 2 aromatic carbocycles. The Balaban J connectivity index is 2.49. The van der Waals surface area contributed by atoms with Gasteiger partial charge in [-0.2, -0.15) is 0 Å². The van der Waals surface area contributed by atoms with E-state index in [2.05, 4.69) is 56.4 Å². The van der Waals surface area contributed by atoms with E-state index in [1.165, 1.54) is 27.8 Å². The lowest BCUT2D eigenvalue weighted by molar-refractivity contribution is 0.728.